The fourth-order valence-corrected chi connectivity index (χ4v) is 3.90. The first-order chi connectivity index (χ1) is 17.0. The van der Waals surface area contributed by atoms with Crippen molar-refractivity contribution < 1.29 is 27.2 Å². The second-order valence-electron chi connectivity index (χ2n) is 9.05. The average Bonchev–Trinajstić information content (AvgIpc) is 3.48. The Morgan fingerprint density at radius 1 is 1.08 bits per heavy atom. The molecule has 1 aliphatic rings. The summed E-state index contributed by atoms with van der Waals surface area (Å²) >= 11 is 0. The third kappa shape index (κ3) is 6.93. The van der Waals surface area contributed by atoms with Gasteiger partial charge < -0.3 is 14.6 Å². The van der Waals surface area contributed by atoms with Gasteiger partial charge in [-0.1, -0.05) is 25.1 Å². The maximum atomic E-state index is 13.2. The third-order valence-electron chi connectivity index (χ3n) is 5.77. The minimum absolute atomic E-state index is 0.257. The van der Waals surface area contributed by atoms with Gasteiger partial charge in [-0.25, -0.2) is 4.98 Å². The number of amides is 2. The molecule has 2 atom stereocenters. The lowest BCUT2D eigenvalue weighted by Gasteiger charge is -2.15. The van der Waals surface area contributed by atoms with Crippen LogP contribution in [0.2, 0.25) is 0 Å². The normalized spacial score (nSPS) is 17.2. The van der Waals surface area contributed by atoms with Gasteiger partial charge in [0.25, 0.3) is 5.91 Å². The van der Waals surface area contributed by atoms with E-state index in [9.17, 15) is 22.8 Å². The lowest BCUT2D eigenvalue weighted by Crippen LogP contribution is -2.28. The van der Waals surface area contributed by atoms with E-state index in [0.29, 0.717) is 23.1 Å². The van der Waals surface area contributed by atoms with Crippen molar-refractivity contribution >= 4 is 17.5 Å². The number of carbonyl (C=O) groups is 2. The number of anilines is 1. The van der Waals surface area contributed by atoms with E-state index in [-0.39, 0.29) is 11.6 Å². The van der Waals surface area contributed by atoms with Crippen molar-refractivity contribution in [1.29, 1.82) is 0 Å². The van der Waals surface area contributed by atoms with Crippen LogP contribution in [0.1, 0.15) is 48.1 Å². The molecule has 1 N–H and O–H groups in total. The molecular weight excluding hydrogens is 473 g/mol. The van der Waals surface area contributed by atoms with Gasteiger partial charge >= 0.3 is 6.18 Å². The summed E-state index contributed by atoms with van der Waals surface area (Å²) in [5.41, 5.74) is 0.478. The molecule has 2 amide bonds. The molecule has 2 aromatic heterocycles. The molecule has 0 spiro atoms. The fourth-order valence-electron chi connectivity index (χ4n) is 3.90. The zero-order valence-corrected chi connectivity index (χ0v) is 20.6. The van der Waals surface area contributed by atoms with Crippen molar-refractivity contribution in [3.05, 3.63) is 65.8 Å². The molecule has 0 aliphatic heterocycles. The molecule has 1 fully saturated rings. The van der Waals surface area contributed by atoms with Crippen molar-refractivity contribution in [3.8, 4) is 11.5 Å². The van der Waals surface area contributed by atoms with Crippen LogP contribution < -0.4 is 5.32 Å². The number of benzene rings is 1. The smallest absolute Gasteiger partial charge is 0.431 e. The van der Waals surface area contributed by atoms with Crippen LogP contribution in [-0.4, -0.2) is 40.8 Å². The largest absolute Gasteiger partial charge is 0.452 e. The summed E-state index contributed by atoms with van der Waals surface area (Å²) < 4.78 is 44.4. The lowest BCUT2D eigenvalue weighted by molar-refractivity contribution is -0.153. The van der Waals surface area contributed by atoms with Crippen molar-refractivity contribution in [2.75, 3.05) is 19.4 Å². The highest BCUT2D eigenvalue weighted by Crippen LogP contribution is 2.35. The summed E-state index contributed by atoms with van der Waals surface area (Å²) in [6.07, 6.45) is -0.0869. The Hall–Kier alpha value is -3.69. The number of aryl methyl sites for hydroxylation is 1. The van der Waals surface area contributed by atoms with Crippen LogP contribution in [0.4, 0.5) is 18.9 Å². The first-order valence-electron chi connectivity index (χ1n) is 11.5. The monoisotopic (exact) mass is 502 g/mol. The molecule has 7 nitrogen and oxygen atoms in total. The van der Waals surface area contributed by atoms with Gasteiger partial charge in [0.15, 0.2) is 5.69 Å². The Kier molecular flexibility index (Phi) is 8.49. The first-order valence-corrected chi connectivity index (χ1v) is 11.5. The number of rotatable bonds is 4. The van der Waals surface area contributed by atoms with Gasteiger partial charge in [-0.3, -0.25) is 14.6 Å². The number of aromatic nitrogens is 2. The van der Waals surface area contributed by atoms with Gasteiger partial charge in [-0.05, 0) is 56.4 Å². The van der Waals surface area contributed by atoms with Gasteiger partial charge in [0.1, 0.15) is 0 Å². The quantitative estimate of drug-likeness (QED) is 0.485. The molecular formula is C26H29F3N4O3. The minimum atomic E-state index is -4.85. The summed E-state index contributed by atoms with van der Waals surface area (Å²) in [5, 5.41) is 2.34. The number of alkyl halides is 3. The number of oxazole rings is 1. The Bertz CT molecular complexity index is 1180. The van der Waals surface area contributed by atoms with Gasteiger partial charge in [-0.2, -0.15) is 13.2 Å². The zero-order chi connectivity index (χ0) is 26.5. The molecule has 192 valence electrons. The molecule has 1 aromatic carbocycles. The second kappa shape index (κ2) is 11.4. The van der Waals surface area contributed by atoms with Crippen molar-refractivity contribution in [2.45, 2.75) is 39.3 Å². The number of hydrogen-bond acceptors (Lipinski definition) is 5. The number of hydrogen-bond donors (Lipinski definition) is 1. The van der Waals surface area contributed by atoms with Crippen LogP contribution in [0.5, 0.6) is 0 Å². The summed E-state index contributed by atoms with van der Waals surface area (Å²) in [4.78, 5) is 33.1. The minimum Gasteiger partial charge on any atom is -0.431 e. The van der Waals surface area contributed by atoms with E-state index < -0.39 is 23.5 Å². The van der Waals surface area contributed by atoms with E-state index in [4.69, 9.17) is 4.42 Å². The molecule has 4 rings (SSSR count). The predicted molar refractivity (Wildman–Crippen MR) is 129 cm³/mol. The van der Waals surface area contributed by atoms with E-state index in [1.54, 1.807) is 36.1 Å². The number of nitrogens with one attached hydrogen (secondary N) is 1. The van der Waals surface area contributed by atoms with Gasteiger partial charge in [0.05, 0.1) is 11.9 Å². The SMILES string of the molecule is CC1CC[C@H](C(=O)N(C)C)C1.Cc1ccc(NC(=O)c2nc(-c3ccccc3)oc2C(F)(F)F)cn1. The Morgan fingerprint density at radius 2 is 1.78 bits per heavy atom. The molecule has 1 unspecified atom stereocenters. The van der Waals surface area contributed by atoms with Crippen molar-refractivity contribution in [3.63, 3.8) is 0 Å². The van der Waals surface area contributed by atoms with Crippen molar-refractivity contribution in [2.24, 2.45) is 11.8 Å². The fraction of sp³-hybridized carbons (Fsp3) is 0.385. The Labute approximate surface area is 207 Å². The third-order valence-corrected chi connectivity index (χ3v) is 5.77. The van der Waals surface area contributed by atoms with Crippen LogP contribution in [0.25, 0.3) is 11.5 Å². The molecule has 36 heavy (non-hydrogen) atoms. The van der Waals surface area contributed by atoms with E-state index >= 15 is 0 Å². The lowest BCUT2D eigenvalue weighted by atomic mass is 10.1. The van der Waals surface area contributed by atoms with Crippen LogP contribution in [0.3, 0.4) is 0 Å². The topological polar surface area (TPSA) is 88.3 Å². The number of pyridine rings is 1. The van der Waals surface area contributed by atoms with Crippen LogP contribution >= 0.6 is 0 Å². The molecule has 10 heteroatoms. The maximum Gasteiger partial charge on any atom is 0.452 e. The summed E-state index contributed by atoms with van der Waals surface area (Å²) in [6, 6.07) is 11.2. The average molecular weight is 503 g/mol. The van der Waals surface area contributed by atoms with Gasteiger partial charge in [0.2, 0.25) is 17.6 Å². The summed E-state index contributed by atoms with van der Waals surface area (Å²) in [7, 11) is 3.68. The highest BCUT2D eigenvalue weighted by Gasteiger charge is 2.42. The number of halogens is 3. The zero-order valence-electron chi connectivity index (χ0n) is 20.6. The Morgan fingerprint density at radius 3 is 2.31 bits per heavy atom. The first kappa shape index (κ1) is 26.9. The molecule has 1 saturated carbocycles. The maximum absolute atomic E-state index is 13.2. The van der Waals surface area contributed by atoms with E-state index in [1.807, 2.05) is 14.1 Å². The van der Waals surface area contributed by atoms with Crippen LogP contribution in [0.15, 0.2) is 53.1 Å². The van der Waals surface area contributed by atoms with Crippen LogP contribution in [-0.2, 0) is 11.0 Å². The van der Waals surface area contributed by atoms with E-state index in [1.165, 1.54) is 30.8 Å². The second-order valence-corrected chi connectivity index (χ2v) is 9.05. The van der Waals surface area contributed by atoms with Crippen LogP contribution in [0, 0.1) is 18.8 Å². The predicted octanol–water partition coefficient (Wildman–Crippen LogP) is 5.83. The summed E-state index contributed by atoms with van der Waals surface area (Å²) in [5.74, 6) is -1.36. The molecule has 1 aliphatic carbocycles. The summed E-state index contributed by atoms with van der Waals surface area (Å²) in [6.45, 7) is 3.97. The number of nitrogens with zero attached hydrogens (tertiary/aromatic N) is 3. The molecule has 0 radical (unpaired) electrons. The highest BCUT2D eigenvalue weighted by atomic mass is 19.4. The number of carbonyl (C=O) groups excluding carboxylic acids is 2. The van der Waals surface area contributed by atoms with Gasteiger partial charge in [-0.15, -0.1) is 0 Å². The molecule has 2 heterocycles. The molecule has 0 bridgehead atoms. The van der Waals surface area contributed by atoms with Crippen molar-refractivity contribution in [1.82, 2.24) is 14.9 Å². The van der Waals surface area contributed by atoms with Gasteiger partial charge in [0, 0.05) is 31.3 Å². The van der Waals surface area contributed by atoms with E-state index in [0.717, 1.165) is 18.8 Å². The Balaban J connectivity index is 0.000000275. The highest BCUT2D eigenvalue weighted by molar-refractivity contribution is 6.03. The molecule has 3 aromatic rings. The molecule has 0 saturated heterocycles. The van der Waals surface area contributed by atoms with E-state index in [2.05, 4.69) is 22.2 Å². The standard InChI is InChI=1S/C17H12F3N3O2.C9H17NO/c1-10-7-8-12(9-21-10)22-15(24)13-14(17(18,19)20)25-16(23-13)11-5-3-2-4-6-11;1-7-4-5-8(6-7)9(11)10(2)3/h2-9H,1H3,(H,22,24);7-8H,4-6H2,1-3H3/t;7?,8-/m.0/s1.